The molecular formula is C11H18O. The molecule has 3 atom stereocenters. The molecule has 0 aliphatic heterocycles. The highest BCUT2D eigenvalue weighted by atomic mass is 16.1. The third kappa shape index (κ3) is 1.41. The number of rotatable bonds is 0. The summed E-state index contributed by atoms with van der Waals surface area (Å²) in [5.74, 6) is 3.05. The highest BCUT2D eigenvalue weighted by Crippen LogP contribution is 2.42. The Bertz CT molecular complexity index is 185. The van der Waals surface area contributed by atoms with Crippen molar-refractivity contribution in [3.8, 4) is 0 Å². The zero-order valence-corrected chi connectivity index (χ0v) is 7.88. The molecule has 2 aliphatic rings. The Labute approximate surface area is 74.5 Å². The third-order valence-corrected chi connectivity index (χ3v) is 3.82. The van der Waals surface area contributed by atoms with Crippen LogP contribution in [0.5, 0.6) is 0 Å². The van der Waals surface area contributed by atoms with E-state index in [9.17, 15) is 4.79 Å². The van der Waals surface area contributed by atoms with Gasteiger partial charge in [-0.3, -0.25) is 4.79 Å². The second kappa shape index (κ2) is 3.20. The van der Waals surface area contributed by atoms with E-state index in [1.165, 1.54) is 25.7 Å². The molecule has 2 saturated carbocycles. The topological polar surface area (TPSA) is 17.1 Å². The van der Waals surface area contributed by atoms with Crippen molar-refractivity contribution in [1.82, 2.24) is 0 Å². The highest BCUT2D eigenvalue weighted by molar-refractivity contribution is 5.79. The van der Waals surface area contributed by atoms with Crippen molar-refractivity contribution in [2.24, 2.45) is 17.8 Å². The largest absolute Gasteiger partial charge is 0.300 e. The molecule has 0 saturated heterocycles. The van der Waals surface area contributed by atoms with E-state index in [1.807, 2.05) is 0 Å². The number of ketones is 1. The fourth-order valence-corrected chi connectivity index (χ4v) is 3.09. The first-order valence-electron chi connectivity index (χ1n) is 5.29. The van der Waals surface area contributed by atoms with Crippen LogP contribution in [0.3, 0.4) is 0 Å². The van der Waals surface area contributed by atoms with Crippen LogP contribution < -0.4 is 0 Å². The maximum Gasteiger partial charge on any atom is 0.133 e. The van der Waals surface area contributed by atoms with Gasteiger partial charge < -0.3 is 0 Å². The lowest BCUT2D eigenvalue weighted by molar-refractivity contribution is -0.123. The molecule has 0 aromatic heterocycles. The second-order valence-electron chi connectivity index (χ2n) is 4.61. The lowest BCUT2D eigenvalue weighted by Gasteiger charge is -2.39. The van der Waals surface area contributed by atoms with Crippen molar-refractivity contribution in [3.05, 3.63) is 0 Å². The summed E-state index contributed by atoms with van der Waals surface area (Å²) >= 11 is 0. The van der Waals surface area contributed by atoms with Crippen molar-refractivity contribution in [1.29, 1.82) is 0 Å². The Morgan fingerprint density at radius 3 is 2.92 bits per heavy atom. The first-order valence-corrected chi connectivity index (χ1v) is 5.29. The highest BCUT2D eigenvalue weighted by Gasteiger charge is 2.34. The van der Waals surface area contributed by atoms with Gasteiger partial charge in [0.2, 0.25) is 0 Å². The average molecular weight is 166 g/mol. The first kappa shape index (κ1) is 8.28. The molecule has 0 aromatic rings. The quantitative estimate of drug-likeness (QED) is 0.541. The van der Waals surface area contributed by atoms with Crippen LogP contribution in [0.25, 0.3) is 0 Å². The second-order valence-corrected chi connectivity index (χ2v) is 4.61. The predicted molar refractivity (Wildman–Crippen MR) is 48.9 cm³/mol. The molecule has 1 heteroatoms. The lowest BCUT2D eigenvalue weighted by atomic mass is 9.66. The molecule has 0 heterocycles. The van der Waals surface area contributed by atoms with E-state index < -0.39 is 0 Å². The molecule has 0 amide bonds. The van der Waals surface area contributed by atoms with Crippen LogP contribution in [-0.4, -0.2) is 5.78 Å². The zero-order chi connectivity index (χ0) is 8.55. The summed E-state index contributed by atoms with van der Waals surface area (Å²) in [4.78, 5) is 11.2. The van der Waals surface area contributed by atoms with Gasteiger partial charge in [-0.25, -0.2) is 0 Å². The molecule has 0 bridgehead atoms. The van der Waals surface area contributed by atoms with E-state index in [0.29, 0.717) is 5.78 Å². The van der Waals surface area contributed by atoms with E-state index in [2.05, 4.69) is 6.92 Å². The maximum atomic E-state index is 11.2. The molecule has 2 aliphatic carbocycles. The Morgan fingerprint density at radius 1 is 1.25 bits per heavy atom. The van der Waals surface area contributed by atoms with Crippen LogP contribution in [-0.2, 0) is 4.79 Å². The van der Waals surface area contributed by atoms with E-state index in [0.717, 1.165) is 30.6 Å². The summed E-state index contributed by atoms with van der Waals surface area (Å²) in [5, 5.41) is 0. The van der Waals surface area contributed by atoms with Gasteiger partial charge in [0.25, 0.3) is 0 Å². The number of Topliss-reactive ketones (excluding diaryl/α,β-unsaturated/α-hetero) is 1. The van der Waals surface area contributed by atoms with Gasteiger partial charge in [-0.15, -0.1) is 0 Å². The molecule has 0 radical (unpaired) electrons. The first-order chi connectivity index (χ1) is 5.77. The molecule has 0 spiro atoms. The molecule has 2 rings (SSSR count). The number of carbonyl (C=O) groups excluding carboxylic acids is 1. The summed E-state index contributed by atoms with van der Waals surface area (Å²) in [7, 11) is 0. The predicted octanol–water partition coefficient (Wildman–Crippen LogP) is 2.79. The minimum atomic E-state index is 0.519. The minimum absolute atomic E-state index is 0.519. The summed E-state index contributed by atoms with van der Waals surface area (Å²) in [6.07, 6.45) is 7.02. The molecule has 68 valence electrons. The van der Waals surface area contributed by atoms with Crippen LogP contribution in [0.2, 0.25) is 0 Å². The van der Waals surface area contributed by atoms with E-state index in [1.54, 1.807) is 0 Å². The van der Waals surface area contributed by atoms with Gasteiger partial charge in [-0.2, -0.15) is 0 Å². The van der Waals surface area contributed by atoms with E-state index in [-0.39, 0.29) is 0 Å². The third-order valence-electron chi connectivity index (χ3n) is 3.82. The zero-order valence-electron chi connectivity index (χ0n) is 7.88. The molecule has 0 N–H and O–H groups in total. The number of hydrogen-bond acceptors (Lipinski definition) is 1. The Kier molecular flexibility index (Phi) is 2.20. The monoisotopic (exact) mass is 166 g/mol. The summed E-state index contributed by atoms with van der Waals surface area (Å²) in [5.41, 5.74) is 0. The van der Waals surface area contributed by atoms with Crippen molar-refractivity contribution in [2.45, 2.75) is 45.4 Å². The standard InChI is InChI=1S/C11H18O/c1-8-3-2-4-9-7-10(12)5-6-11(8)9/h8-9,11H,2-7H2,1H3/t8-,9-,11+/m0/s1. The van der Waals surface area contributed by atoms with E-state index >= 15 is 0 Å². The number of hydrogen-bond donors (Lipinski definition) is 0. The summed E-state index contributed by atoms with van der Waals surface area (Å²) < 4.78 is 0. The van der Waals surface area contributed by atoms with Gasteiger partial charge in [-0.05, 0) is 30.6 Å². The van der Waals surface area contributed by atoms with Gasteiger partial charge in [0.05, 0.1) is 0 Å². The van der Waals surface area contributed by atoms with Crippen molar-refractivity contribution in [3.63, 3.8) is 0 Å². The van der Waals surface area contributed by atoms with Gasteiger partial charge in [0.1, 0.15) is 5.78 Å². The van der Waals surface area contributed by atoms with Gasteiger partial charge in [-0.1, -0.05) is 19.8 Å². The van der Waals surface area contributed by atoms with Crippen molar-refractivity contribution in [2.75, 3.05) is 0 Å². The molecular weight excluding hydrogens is 148 g/mol. The number of fused-ring (bicyclic) bond motifs is 1. The lowest BCUT2D eigenvalue weighted by Crippen LogP contribution is -2.32. The summed E-state index contributed by atoms with van der Waals surface area (Å²) in [6, 6.07) is 0. The van der Waals surface area contributed by atoms with Crippen molar-refractivity contribution >= 4 is 5.78 Å². The Morgan fingerprint density at radius 2 is 2.08 bits per heavy atom. The van der Waals surface area contributed by atoms with Crippen molar-refractivity contribution < 1.29 is 4.79 Å². The summed E-state index contributed by atoms with van der Waals surface area (Å²) in [6.45, 7) is 2.37. The Hall–Kier alpha value is -0.330. The van der Waals surface area contributed by atoms with Crippen LogP contribution in [0.4, 0.5) is 0 Å². The Balaban J connectivity index is 2.04. The van der Waals surface area contributed by atoms with Crippen LogP contribution in [0.1, 0.15) is 45.4 Å². The normalized spacial score (nSPS) is 42.4. The fourth-order valence-electron chi connectivity index (χ4n) is 3.09. The average Bonchev–Trinajstić information content (AvgIpc) is 2.04. The molecule has 12 heavy (non-hydrogen) atoms. The molecule has 0 aromatic carbocycles. The molecule has 0 unspecified atom stereocenters. The van der Waals surface area contributed by atoms with Crippen LogP contribution in [0.15, 0.2) is 0 Å². The van der Waals surface area contributed by atoms with Gasteiger partial charge in [0, 0.05) is 12.8 Å². The maximum absolute atomic E-state index is 11.2. The van der Waals surface area contributed by atoms with Crippen LogP contribution >= 0.6 is 0 Å². The fraction of sp³-hybridized carbons (Fsp3) is 0.909. The molecule has 1 nitrogen and oxygen atoms in total. The van der Waals surface area contributed by atoms with Gasteiger partial charge >= 0.3 is 0 Å². The molecule has 2 fully saturated rings. The minimum Gasteiger partial charge on any atom is -0.300 e. The SMILES string of the molecule is C[C@H]1CCC[C@H]2CC(=O)CC[C@@H]21. The smallest absolute Gasteiger partial charge is 0.133 e. The van der Waals surface area contributed by atoms with Crippen LogP contribution in [0, 0.1) is 17.8 Å². The van der Waals surface area contributed by atoms with E-state index in [4.69, 9.17) is 0 Å². The number of carbonyl (C=O) groups is 1. The van der Waals surface area contributed by atoms with Gasteiger partial charge in [0.15, 0.2) is 0 Å².